The second kappa shape index (κ2) is 7.60. The van der Waals surface area contributed by atoms with E-state index in [1.54, 1.807) is 6.20 Å². The first-order chi connectivity index (χ1) is 12.1. The molecule has 3 N–H and O–H groups in total. The SMILES string of the molecule is O=Cc1cc(C(=O)NCCc2cnc3n2CCOC3)ccc1B(O)O. The van der Waals surface area contributed by atoms with E-state index in [-0.39, 0.29) is 22.5 Å². The maximum absolute atomic E-state index is 12.2. The van der Waals surface area contributed by atoms with Crippen molar-refractivity contribution in [1.82, 2.24) is 14.9 Å². The Morgan fingerprint density at radius 3 is 3.04 bits per heavy atom. The zero-order valence-electron chi connectivity index (χ0n) is 13.5. The lowest BCUT2D eigenvalue weighted by atomic mass is 9.77. The average Bonchev–Trinajstić information content (AvgIpc) is 3.04. The van der Waals surface area contributed by atoms with Crippen molar-refractivity contribution in [2.45, 2.75) is 19.6 Å². The molecule has 0 fully saturated rings. The number of fused-ring (bicyclic) bond motifs is 1. The van der Waals surface area contributed by atoms with Gasteiger partial charge in [0.25, 0.3) is 5.91 Å². The molecule has 0 atom stereocenters. The minimum atomic E-state index is -1.76. The van der Waals surface area contributed by atoms with Gasteiger partial charge in [0, 0.05) is 42.5 Å². The third kappa shape index (κ3) is 3.79. The van der Waals surface area contributed by atoms with E-state index in [1.165, 1.54) is 18.2 Å². The van der Waals surface area contributed by atoms with Gasteiger partial charge < -0.3 is 24.7 Å². The molecule has 0 saturated carbocycles. The lowest BCUT2D eigenvalue weighted by molar-refractivity contribution is 0.0805. The highest BCUT2D eigenvalue weighted by atomic mass is 16.5. The fraction of sp³-hybridized carbons (Fsp3) is 0.312. The zero-order chi connectivity index (χ0) is 17.8. The van der Waals surface area contributed by atoms with Gasteiger partial charge in [0.1, 0.15) is 18.7 Å². The first-order valence-corrected chi connectivity index (χ1v) is 7.94. The molecule has 0 bridgehead atoms. The number of imidazole rings is 1. The van der Waals surface area contributed by atoms with Crippen LogP contribution in [-0.2, 0) is 24.3 Å². The fourth-order valence-corrected chi connectivity index (χ4v) is 2.82. The van der Waals surface area contributed by atoms with E-state index in [1.807, 2.05) is 0 Å². The van der Waals surface area contributed by atoms with Gasteiger partial charge in [-0.3, -0.25) is 9.59 Å². The molecule has 130 valence electrons. The second-order valence-corrected chi connectivity index (χ2v) is 5.71. The second-order valence-electron chi connectivity index (χ2n) is 5.71. The Hall–Kier alpha value is -2.49. The van der Waals surface area contributed by atoms with Crippen LogP contribution in [-0.4, -0.2) is 52.1 Å². The number of ether oxygens (including phenoxy) is 1. The first kappa shape index (κ1) is 17.3. The number of rotatable bonds is 6. The largest absolute Gasteiger partial charge is 0.489 e. The molecule has 1 aromatic heterocycles. The van der Waals surface area contributed by atoms with E-state index in [0.29, 0.717) is 32.5 Å². The van der Waals surface area contributed by atoms with Crippen molar-refractivity contribution in [3.63, 3.8) is 0 Å². The van der Waals surface area contributed by atoms with Gasteiger partial charge in [0.2, 0.25) is 0 Å². The molecular formula is C16H18BN3O5. The molecule has 25 heavy (non-hydrogen) atoms. The average molecular weight is 343 g/mol. The number of hydrogen-bond donors (Lipinski definition) is 3. The smallest absolute Gasteiger partial charge is 0.423 e. The monoisotopic (exact) mass is 343 g/mol. The van der Waals surface area contributed by atoms with Gasteiger partial charge in [-0.05, 0) is 17.6 Å². The number of amides is 1. The standard InChI is InChI=1S/C16H18BN3O5/c21-9-12-7-11(1-2-14(12)17(23)24)16(22)18-4-3-13-8-19-15-10-25-6-5-20(13)15/h1-2,7-9,23-24H,3-6,10H2,(H,18,22). The minimum absolute atomic E-state index is 0.0691. The maximum atomic E-state index is 12.2. The van der Waals surface area contributed by atoms with E-state index in [9.17, 15) is 19.6 Å². The van der Waals surface area contributed by atoms with Gasteiger partial charge in [-0.2, -0.15) is 0 Å². The summed E-state index contributed by atoms with van der Waals surface area (Å²) in [5, 5.41) is 21.2. The summed E-state index contributed by atoms with van der Waals surface area (Å²) in [5.41, 5.74) is 1.47. The van der Waals surface area contributed by atoms with Gasteiger partial charge in [-0.1, -0.05) is 6.07 Å². The molecule has 1 aromatic carbocycles. The van der Waals surface area contributed by atoms with Gasteiger partial charge in [-0.15, -0.1) is 0 Å². The van der Waals surface area contributed by atoms with E-state index in [4.69, 9.17) is 4.74 Å². The Labute approximate surface area is 144 Å². The van der Waals surface area contributed by atoms with Crippen molar-refractivity contribution < 1.29 is 24.4 Å². The number of benzene rings is 1. The predicted octanol–water partition coefficient (Wildman–Crippen LogP) is -1.12. The van der Waals surface area contributed by atoms with Crippen molar-refractivity contribution in [1.29, 1.82) is 0 Å². The summed E-state index contributed by atoms with van der Waals surface area (Å²) in [5.74, 6) is 0.560. The molecule has 2 aromatic rings. The molecule has 0 radical (unpaired) electrons. The number of nitrogens with one attached hydrogen (secondary N) is 1. The topological polar surface area (TPSA) is 114 Å². The number of carbonyl (C=O) groups is 2. The molecule has 0 aliphatic carbocycles. The summed E-state index contributed by atoms with van der Waals surface area (Å²) in [7, 11) is -1.76. The molecule has 1 aliphatic heterocycles. The Kier molecular flexibility index (Phi) is 5.27. The van der Waals surface area contributed by atoms with Crippen LogP contribution in [0.3, 0.4) is 0 Å². The van der Waals surface area contributed by atoms with Crippen molar-refractivity contribution >= 4 is 24.8 Å². The number of aromatic nitrogens is 2. The summed E-state index contributed by atoms with van der Waals surface area (Å²) < 4.78 is 7.44. The molecule has 0 unspecified atom stereocenters. The van der Waals surface area contributed by atoms with E-state index >= 15 is 0 Å². The van der Waals surface area contributed by atoms with Gasteiger partial charge in [0.15, 0.2) is 0 Å². The number of carbonyl (C=O) groups excluding carboxylic acids is 2. The summed E-state index contributed by atoms with van der Waals surface area (Å²) >= 11 is 0. The summed E-state index contributed by atoms with van der Waals surface area (Å²) in [4.78, 5) is 27.6. The Balaban J connectivity index is 1.61. The van der Waals surface area contributed by atoms with Crippen LogP contribution in [0.5, 0.6) is 0 Å². The van der Waals surface area contributed by atoms with Gasteiger partial charge >= 0.3 is 7.12 Å². The fourth-order valence-electron chi connectivity index (χ4n) is 2.82. The third-order valence-electron chi connectivity index (χ3n) is 4.13. The zero-order valence-corrected chi connectivity index (χ0v) is 13.5. The molecule has 1 amide bonds. The Bertz CT molecular complexity index is 790. The van der Waals surface area contributed by atoms with Crippen LogP contribution in [0, 0.1) is 0 Å². The molecule has 1 aliphatic rings. The lowest BCUT2D eigenvalue weighted by Gasteiger charge is -2.17. The van der Waals surface area contributed by atoms with Crippen LogP contribution in [0.25, 0.3) is 0 Å². The van der Waals surface area contributed by atoms with E-state index in [0.717, 1.165) is 18.1 Å². The number of nitrogens with zero attached hydrogens (tertiary/aromatic N) is 2. The van der Waals surface area contributed by atoms with Crippen LogP contribution < -0.4 is 10.8 Å². The molecule has 3 rings (SSSR count). The van der Waals surface area contributed by atoms with Crippen LogP contribution in [0.2, 0.25) is 0 Å². The highest BCUT2D eigenvalue weighted by Gasteiger charge is 2.18. The van der Waals surface area contributed by atoms with Crippen molar-refractivity contribution in [2.75, 3.05) is 13.2 Å². The molecule has 9 heteroatoms. The van der Waals surface area contributed by atoms with Crippen LogP contribution >= 0.6 is 0 Å². The highest BCUT2D eigenvalue weighted by Crippen LogP contribution is 2.12. The maximum Gasteiger partial charge on any atom is 0.489 e. The summed E-state index contributed by atoms with van der Waals surface area (Å²) in [6, 6.07) is 4.15. The number of hydrogen-bond acceptors (Lipinski definition) is 6. The molecule has 0 saturated heterocycles. The Morgan fingerprint density at radius 1 is 1.44 bits per heavy atom. The minimum Gasteiger partial charge on any atom is -0.423 e. The quantitative estimate of drug-likeness (QED) is 0.452. The van der Waals surface area contributed by atoms with Crippen molar-refractivity contribution in [2.24, 2.45) is 0 Å². The Morgan fingerprint density at radius 2 is 2.28 bits per heavy atom. The van der Waals surface area contributed by atoms with Gasteiger partial charge in [-0.25, -0.2) is 4.98 Å². The number of aldehydes is 1. The molecular weight excluding hydrogens is 325 g/mol. The van der Waals surface area contributed by atoms with E-state index < -0.39 is 7.12 Å². The van der Waals surface area contributed by atoms with Crippen LogP contribution in [0.1, 0.15) is 32.2 Å². The normalized spacial score (nSPS) is 13.2. The molecule has 2 heterocycles. The summed E-state index contributed by atoms with van der Waals surface area (Å²) in [6.45, 7) is 2.34. The predicted molar refractivity (Wildman–Crippen MR) is 89.6 cm³/mol. The van der Waals surface area contributed by atoms with Crippen molar-refractivity contribution in [3.05, 3.63) is 47.0 Å². The lowest BCUT2D eigenvalue weighted by Crippen LogP contribution is -2.34. The third-order valence-corrected chi connectivity index (χ3v) is 4.13. The van der Waals surface area contributed by atoms with Crippen molar-refractivity contribution in [3.8, 4) is 0 Å². The van der Waals surface area contributed by atoms with Gasteiger partial charge in [0.05, 0.1) is 6.61 Å². The van der Waals surface area contributed by atoms with Crippen LogP contribution in [0.15, 0.2) is 24.4 Å². The van der Waals surface area contributed by atoms with Crippen LogP contribution in [0.4, 0.5) is 0 Å². The first-order valence-electron chi connectivity index (χ1n) is 7.94. The highest BCUT2D eigenvalue weighted by molar-refractivity contribution is 6.60. The van der Waals surface area contributed by atoms with E-state index in [2.05, 4.69) is 14.9 Å². The molecule has 0 spiro atoms. The summed E-state index contributed by atoms with van der Waals surface area (Å²) in [6.07, 6.45) is 2.91. The molecule has 8 nitrogen and oxygen atoms in total.